The number of aromatic carboxylic acids is 1. The Morgan fingerprint density at radius 2 is 1.78 bits per heavy atom. The van der Waals surface area contributed by atoms with Crippen LogP contribution in [0.5, 0.6) is 0 Å². The molecule has 0 bridgehead atoms. The molecule has 0 heterocycles. The number of hydrogen-bond donors (Lipinski definition) is 1. The van der Waals surface area contributed by atoms with E-state index in [1.54, 1.807) is 0 Å². The van der Waals surface area contributed by atoms with E-state index in [4.69, 9.17) is 16.7 Å². The van der Waals surface area contributed by atoms with Gasteiger partial charge in [0.05, 0.1) is 10.6 Å². The van der Waals surface area contributed by atoms with Crippen molar-refractivity contribution in [1.29, 1.82) is 0 Å². The lowest BCUT2D eigenvalue weighted by molar-refractivity contribution is 0.0696. The summed E-state index contributed by atoms with van der Waals surface area (Å²) in [7, 11) is 0. The van der Waals surface area contributed by atoms with Crippen LogP contribution in [0, 0.1) is 11.6 Å². The zero-order valence-electron chi connectivity index (χ0n) is 8.95. The number of rotatable bonds is 2. The SMILES string of the molecule is O=C(O)c1ccc(-c2ccc(F)c(Cl)c2)c(F)c1. The van der Waals surface area contributed by atoms with Gasteiger partial charge in [0.2, 0.25) is 0 Å². The smallest absolute Gasteiger partial charge is 0.335 e. The number of carboxylic acid groups (broad SMARTS) is 1. The van der Waals surface area contributed by atoms with Crippen LogP contribution in [0.4, 0.5) is 8.78 Å². The summed E-state index contributed by atoms with van der Waals surface area (Å²) in [6, 6.07) is 7.30. The Hall–Kier alpha value is -1.94. The topological polar surface area (TPSA) is 37.3 Å². The third kappa shape index (κ3) is 2.33. The van der Waals surface area contributed by atoms with Gasteiger partial charge in [-0.05, 0) is 29.8 Å². The Morgan fingerprint density at radius 1 is 1.06 bits per heavy atom. The summed E-state index contributed by atoms with van der Waals surface area (Å²) in [4.78, 5) is 10.7. The van der Waals surface area contributed by atoms with Crippen LogP contribution < -0.4 is 0 Å². The highest BCUT2D eigenvalue weighted by molar-refractivity contribution is 6.31. The van der Waals surface area contributed by atoms with E-state index in [1.165, 1.54) is 24.3 Å². The molecule has 1 N–H and O–H groups in total. The summed E-state index contributed by atoms with van der Waals surface area (Å²) in [5.74, 6) is -2.50. The summed E-state index contributed by atoms with van der Waals surface area (Å²) in [6.45, 7) is 0. The van der Waals surface area contributed by atoms with Gasteiger partial charge in [-0.3, -0.25) is 0 Å². The minimum atomic E-state index is -1.21. The zero-order chi connectivity index (χ0) is 13.3. The van der Waals surface area contributed by atoms with Gasteiger partial charge in [0.1, 0.15) is 11.6 Å². The number of halogens is 3. The van der Waals surface area contributed by atoms with Gasteiger partial charge in [0, 0.05) is 5.56 Å². The fourth-order valence-electron chi connectivity index (χ4n) is 1.55. The van der Waals surface area contributed by atoms with Gasteiger partial charge in [-0.1, -0.05) is 23.7 Å². The molecule has 0 aliphatic rings. The normalized spacial score (nSPS) is 10.4. The van der Waals surface area contributed by atoms with Gasteiger partial charge in [-0.25, -0.2) is 13.6 Å². The lowest BCUT2D eigenvalue weighted by Gasteiger charge is -2.05. The molecule has 92 valence electrons. The fraction of sp³-hybridized carbons (Fsp3) is 0. The Bertz CT molecular complexity index is 626. The maximum atomic E-state index is 13.7. The first-order chi connectivity index (χ1) is 8.49. The molecule has 2 rings (SSSR count). The molecule has 2 aromatic carbocycles. The summed E-state index contributed by atoms with van der Waals surface area (Å²) in [5.41, 5.74) is 0.405. The predicted octanol–water partition coefficient (Wildman–Crippen LogP) is 3.98. The summed E-state index contributed by atoms with van der Waals surface area (Å²) in [5, 5.41) is 8.60. The molecule has 2 aromatic rings. The Balaban J connectivity index is 2.51. The van der Waals surface area contributed by atoms with Crippen LogP contribution in [0.3, 0.4) is 0 Å². The van der Waals surface area contributed by atoms with Gasteiger partial charge < -0.3 is 5.11 Å². The van der Waals surface area contributed by atoms with Crippen molar-refractivity contribution in [3.63, 3.8) is 0 Å². The fourth-order valence-corrected chi connectivity index (χ4v) is 1.73. The summed E-state index contributed by atoms with van der Waals surface area (Å²) >= 11 is 5.61. The Morgan fingerprint density at radius 3 is 2.33 bits per heavy atom. The molecule has 2 nitrogen and oxygen atoms in total. The van der Waals surface area contributed by atoms with Crippen LogP contribution in [-0.4, -0.2) is 11.1 Å². The molecule has 0 saturated heterocycles. The Kier molecular flexibility index (Phi) is 3.30. The van der Waals surface area contributed by atoms with Crippen molar-refractivity contribution in [2.75, 3.05) is 0 Å². The van der Waals surface area contributed by atoms with Crippen molar-refractivity contribution < 1.29 is 18.7 Å². The third-order valence-corrected chi connectivity index (χ3v) is 2.74. The van der Waals surface area contributed by atoms with E-state index in [0.29, 0.717) is 5.56 Å². The minimum Gasteiger partial charge on any atom is -0.478 e. The van der Waals surface area contributed by atoms with E-state index >= 15 is 0 Å². The van der Waals surface area contributed by atoms with Crippen LogP contribution in [0.15, 0.2) is 36.4 Å². The Labute approximate surface area is 106 Å². The highest BCUT2D eigenvalue weighted by atomic mass is 35.5. The van der Waals surface area contributed by atoms with E-state index in [-0.39, 0.29) is 16.1 Å². The van der Waals surface area contributed by atoms with E-state index in [2.05, 4.69) is 0 Å². The monoisotopic (exact) mass is 268 g/mol. The molecule has 0 fully saturated rings. The van der Waals surface area contributed by atoms with Crippen molar-refractivity contribution in [1.82, 2.24) is 0 Å². The number of hydrogen-bond acceptors (Lipinski definition) is 1. The average Bonchev–Trinajstić information content (AvgIpc) is 2.32. The average molecular weight is 269 g/mol. The van der Waals surface area contributed by atoms with Crippen LogP contribution in [-0.2, 0) is 0 Å². The van der Waals surface area contributed by atoms with Gasteiger partial charge in [0.25, 0.3) is 0 Å². The van der Waals surface area contributed by atoms with Crippen LogP contribution >= 0.6 is 11.6 Å². The quantitative estimate of drug-likeness (QED) is 0.894. The first-order valence-corrected chi connectivity index (χ1v) is 5.35. The third-order valence-electron chi connectivity index (χ3n) is 2.45. The van der Waals surface area contributed by atoms with Gasteiger partial charge in [-0.2, -0.15) is 0 Å². The lowest BCUT2D eigenvalue weighted by Crippen LogP contribution is -1.97. The highest BCUT2D eigenvalue weighted by Gasteiger charge is 2.11. The number of carbonyl (C=O) groups is 1. The van der Waals surface area contributed by atoms with Gasteiger partial charge in [-0.15, -0.1) is 0 Å². The lowest BCUT2D eigenvalue weighted by atomic mass is 10.0. The number of benzene rings is 2. The molecule has 18 heavy (non-hydrogen) atoms. The van der Waals surface area contributed by atoms with Crippen molar-refractivity contribution >= 4 is 17.6 Å². The van der Waals surface area contributed by atoms with E-state index in [0.717, 1.165) is 12.1 Å². The van der Waals surface area contributed by atoms with Crippen molar-refractivity contribution in [2.45, 2.75) is 0 Å². The van der Waals surface area contributed by atoms with Crippen LogP contribution in [0.2, 0.25) is 5.02 Å². The van der Waals surface area contributed by atoms with E-state index < -0.39 is 17.6 Å². The summed E-state index contributed by atoms with van der Waals surface area (Å²) < 4.78 is 26.7. The second-order valence-electron chi connectivity index (χ2n) is 3.63. The zero-order valence-corrected chi connectivity index (χ0v) is 9.71. The first-order valence-electron chi connectivity index (χ1n) is 4.97. The molecule has 0 atom stereocenters. The second-order valence-corrected chi connectivity index (χ2v) is 4.04. The molecular weight excluding hydrogens is 262 g/mol. The minimum absolute atomic E-state index is 0.116. The maximum Gasteiger partial charge on any atom is 0.335 e. The van der Waals surface area contributed by atoms with Crippen molar-refractivity contribution in [3.8, 4) is 11.1 Å². The molecule has 0 aliphatic carbocycles. The first kappa shape index (κ1) is 12.5. The second kappa shape index (κ2) is 4.74. The number of carboxylic acids is 1. The van der Waals surface area contributed by atoms with Crippen LogP contribution in [0.1, 0.15) is 10.4 Å². The molecule has 0 saturated carbocycles. The van der Waals surface area contributed by atoms with Gasteiger partial charge >= 0.3 is 5.97 Å². The molecular formula is C13H7ClF2O2. The standard InChI is InChI=1S/C13H7ClF2O2/c14-10-5-7(2-4-11(10)15)9-3-1-8(13(17)18)6-12(9)16/h1-6H,(H,17,18). The van der Waals surface area contributed by atoms with E-state index in [1.807, 2.05) is 0 Å². The molecule has 0 spiro atoms. The van der Waals surface area contributed by atoms with Gasteiger partial charge in [0.15, 0.2) is 0 Å². The maximum absolute atomic E-state index is 13.7. The highest BCUT2D eigenvalue weighted by Crippen LogP contribution is 2.27. The van der Waals surface area contributed by atoms with Crippen LogP contribution in [0.25, 0.3) is 11.1 Å². The molecule has 5 heteroatoms. The summed E-state index contributed by atoms with van der Waals surface area (Å²) in [6.07, 6.45) is 0. The van der Waals surface area contributed by atoms with Crippen molar-refractivity contribution in [2.24, 2.45) is 0 Å². The van der Waals surface area contributed by atoms with E-state index in [9.17, 15) is 13.6 Å². The van der Waals surface area contributed by atoms with Crippen molar-refractivity contribution in [3.05, 3.63) is 58.6 Å². The largest absolute Gasteiger partial charge is 0.478 e. The molecule has 0 radical (unpaired) electrons. The molecule has 0 aromatic heterocycles. The predicted molar refractivity (Wildman–Crippen MR) is 63.8 cm³/mol. The molecule has 0 aliphatic heterocycles. The molecule has 0 amide bonds. The molecule has 0 unspecified atom stereocenters.